The Kier molecular flexibility index (Phi) is 2.67. The zero-order valence-electron chi connectivity index (χ0n) is 9.45. The Morgan fingerprint density at radius 1 is 1.47 bits per heavy atom. The normalized spacial score (nSPS) is 10.5. The van der Waals surface area contributed by atoms with E-state index in [2.05, 4.69) is 9.72 Å². The molecule has 17 heavy (non-hydrogen) atoms. The zero-order valence-corrected chi connectivity index (χ0v) is 9.45. The SMILES string of the molecule is COC(=O)c1cnc2c(C)cc(F)cc2c1N. The smallest absolute Gasteiger partial charge is 0.341 e. The van der Waals surface area contributed by atoms with Crippen LogP contribution in [0.4, 0.5) is 10.1 Å². The molecule has 0 bridgehead atoms. The van der Waals surface area contributed by atoms with Gasteiger partial charge in [-0.2, -0.15) is 0 Å². The predicted molar refractivity (Wildman–Crippen MR) is 62.2 cm³/mol. The number of aromatic nitrogens is 1. The Morgan fingerprint density at radius 2 is 2.18 bits per heavy atom. The Balaban J connectivity index is 2.79. The van der Waals surface area contributed by atoms with Gasteiger partial charge in [-0.15, -0.1) is 0 Å². The number of nitrogen functional groups attached to an aromatic ring is 1. The molecule has 0 aliphatic carbocycles. The van der Waals surface area contributed by atoms with Crippen molar-refractivity contribution in [2.75, 3.05) is 12.8 Å². The van der Waals surface area contributed by atoms with Crippen molar-refractivity contribution in [2.45, 2.75) is 6.92 Å². The number of methoxy groups -OCH3 is 1. The second kappa shape index (κ2) is 4.01. The van der Waals surface area contributed by atoms with Gasteiger partial charge < -0.3 is 10.5 Å². The molecule has 0 atom stereocenters. The number of hydrogen-bond acceptors (Lipinski definition) is 4. The molecule has 0 saturated carbocycles. The van der Waals surface area contributed by atoms with Crippen molar-refractivity contribution in [1.82, 2.24) is 4.98 Å². The number of anilines is 1. The van der Waals surface area contributed by atoms with Crippen LogP contribution in [0.2, 0.25) is 0 Å². The molecule has 2 rings (SSSR count). The Morgan fingerprint density at radius 3 is 2.82 bits per heavy atom. The molecule has 2 N–H and O–H groups in total. The average Bonchev–Trinajstić information content (AvgIpc) is 2.29. The lowest BCUT2D eigenvalue weighted by Crippen LogP contribution is -2.07. The molecular weight excluding hydrogens is 223 g/mol. The molecule has 88 valence electrons. The van der Waals surface area contributed by atoms with E-state index in [1.165, 1.54) is 25.4 Å². The van der Waals surface area contributed by atoms with E-state index in [1.54, 1.807) is 6.92 Å². The number of rotatable bonds is 1. The molecule has 2 aromatic rings. The molecule has 0 amide bonds. The lowest BCUT2D eigenvalue weighted by Gasteiger charge is -2.08. The number of pyridine rings is 1. The van der Waals surface area contributed by atoms with Crippen LogP contribution < -0.4 is 5.73 Å². The fourth-order valence-corrected chi connectivity index (χ4v) is 1.73. The van der Waals surface area contributed by atoms with E-state index < -0.39 is 11.8 Å². The maximum Gasteiger partial charge on any atom is 0.341 e. The molecule has 1 aromatic heterocycles. The fourth-order valence-electron chi connectivity index (χ4n) is 1.73. The molecule has 0 aliphatic heterocycles. The molecular formula is C12H11FN2O2. The summed E-state index contributed by atoms with van der Waals surface area (Å²) >= 11 is 0. The fraction of sp³-hybridized carbons (Fsp3) is 0.167. The number of fused-ring (bicyclic) bond motifs is 1. The molecule has 0 unspecified atom stereocenters. The van der Waals surface area contributed by atoms with Gasteiger partial charge in [0.1, 0.15) is 11.4 Å². The number of aryl methyl sites for hydroxylation is 1. The van der Waals surface area contributed by atoms with Crippen LogP contribution in [0.25, 0.3) is 10.9 Å². The maximum atomic E-state index is 13.3. The van der Waals surface area contributed by atoms with Gasteiger partial charge in [-0.1, -0.05) is 0 Å². The lowest BCUT2D eigenvalue weighted by molar-refractivity contribution is 0.0601. The predicted octanol–water partition coefficient (Wildman–Crippen LogP) is 2.05. The van der Waals surface area contributed by atoms with Crippen LogP contribution in [-0.2, 0) is 4.74 Å². The largest absolute Gasteiger partial charge is 0.465 e. The molecule has 1 heterocycles. The van der Waals surface area contributed by atoms with Crippen LogP contribution in [0.3, 0.4) is 0 Å². The van der Waals surface area contributed by atoms with Crippen molar-refractivity contribution in [1.29, 1.82) is 0 Å². The van der Waals surface area contributed by atoms with Crippen LogP contribution in [0, 0.1) is 12.7 Å². The number of carbonyl (C=O) groups is 1. The van der Waals surface area contributed by atoms with Gasteiger partial charge in [-0.25, -0.2) is 9.18 Å². The Hall–Kier alpha value is -2.17. The maximum absolute atomic E-state index is 13.3. The molecule has 0 saturated heterocycles. The number of benzene rings is 1. The van der Waals surface area contributed by atoms with Crippen molar-refractivity contribution in [3.8, 4) is 0 Å². The van der Waals surface area contributed by atoms with Crippen LogP contribution in [0.15, 0.2) is 18.3 Å². The van der Waals surface area contributed by atoms with Crippen molar-refractivity contribution < 1.29 is 13.9 Å². The number of carbonyl (C=O) groups excluding carboxylic acids is 1. The minimum absolute atomic E-state index is 0.144. The molecule has 4 nitrogen and oxygen atoms in total. The highest BCUT2D eigenvalue weighted by atomic mass is 19.1. The van der Waals surface area contributed by atoms with Crippen LogP contribution >= 0.6 is 0 Å². The Labute approximate surface area is 97.2 Å². The summed E-state index contributed by atoms with van der Waals surface area (Å²) in [7, 11) is 1.25. The van der Waals surface area contributed by atoms with E-state index in [-0.39, 0.29) is 11.3 Å². The first kappa shape index (κ1) is 11.3. The van der Waals surface area contributed by atoms with E-state index in [0.29, 0.717) is 16.5 Å². The number of hydrogen-bond donors (Lipinski definition) is 1. The number of nitrogens with two attached hydrogens (primary N) is 1. The van der Waals surface area contributed by atoms with E-state index >= 15 is 0 Å². The van der Waals surface area contributed by atoms with Gasteiger partial charge in [-0.05, 0) is 24.6 Å². The standard InChI is InChI=1S/C12H11FN2O2/c1-6-3-7(13)4-8-10(14)9(12(16)17-2)5-15-11(6)8/h3-5H,1-2H3,(H2,14,15). The van der Waals surface area contributed by atoms with Gasteiger partial charge >= 0.3 is 5.97 Å². The quantitative estimate of drug-likeness (QED) is 0.767. The van der Waals surface area contributed by atoms with Crippen molar-refractivity contribution in [2.24, 2.45) is 0 Å². The topological polar surface area (TPSA) is 65.2 Å². The minimum Gasteiger partial charge on any atom is -0.465 e. The summed E-state index contributed by atoms with van der Waals surface area (Å²) in [5.74, 6) is -0.996. The molecule has 0 fully saturated rings. The first-order valence-electron chi connectivity index (χ1n) is 4.97. The zero-order chi connectivity index (χ0) is 12.6. The first-order valence-corrected chi connectivity index (χ1v) is 4.97. The molecule has 0 radical (unpaired) electrons. The third-order valence-electron chi connectivity index (χ3n) is 2.57. The summed E-state index contributed by atoms with van der Waals surface area (Å²) < 4.78 is 17.9. The second-order valence-corrected chi connectivity index (χ2v) is 3.70. The Bertz CT molecular complexity index is 611. The summed E-state index contributed by atoms with van der Waals surface area (Å²) in [6, 6.07) is 2.63. The number of ether oxygens (including phenoxy) is 1. The molecule has 0 aliphatic rings. The highest BCUT2D eigenvalue weighted by Gasteiger charge is 2.15. The van der Waals surface area contributed by atoms with E-state index in [4.69, 9.17) is 5.73 Å². The monoisotopic (exact) mass is 234 g/mol. The van der Waals surface area contributed by atoms with Crippen LogP contribution in [-0.4, -0.2) is 18.1 Å². The van der Waals surface area contributed by atoms with Crippen molar-refractivity contribution in [3.63, 3.8) is 0 Å². The number of esters is 1. The lowest BCUT2D eigenvalue weighted by atomic mass is 10.1. The van der Waals surface area contributed by atoms with Crippen LogP contribution in [0.1, 0.15) is 15.9 Å². The molecule has 1 aromatic carbocycles. The highest BCUT2D eigenvalue weighted by Crippen LogP contribution is 2.26. The van der Waals surface area contributed by atoms with Crippen molar-refractivity contribution >= 4 is 22.6 Å². The van der Waals surface area contributed by atoms with Gasteiger partial charge in [-0.3, -0.25) is 4.98 Å². The van der Waals surface area contributed by atoms with Gasteiger partial charge in [0.15, 0.2) is 0 Å². The van der Waals surface area contributed by atoms with Gasteiger partial charge in [0.05, 0.1) is 18.3 Å². The minimum atomic E-state index is -0.584. The number of nitrogens with zero attached hydrogens (tertiary/aromatic N) is 1. The second-order valence-electron chi connectivity index (χ2n) is 3.70. The summed E-state index contributed by atoms with van der Waals surface area (Å²) in [6.45, 7) is 1.73. The molecule has 5 heteroatoms. The third kappa shape index (κ3) is 1.80. The summed E-state index contributed by atoms with van der Waals surface area (Å²) in [5, 5.41) is 0.422. The summed E-state index contributed by atoms with van der Waals surface area (Å²) in [6.07, 6.45) is 1.34. The highest BCUT2D eigenvalue weighted by molar-refractivity contribution is 6.04. The third-order valence-corrected chi connectivity index (χ3v) is 2.57. The van der Waals surface area contributed by atoms with E-state index in [0.717, 1.165) is 0 Å². The number of halogens is 1. The van der Waals surface area contributed by atoms with E-state index in [1.807, 2.05) is 0 Å². The van der Waals surface area contributed by atoms with Gasteiger partial charge in [0.2, 0.25) is 0 Å². The van der Waals surface area contributed by atoms with Gasteiger partial charge in [0, 0.05) is 11.6 Å². The first-order chi connectivity index (χ1) is 8.04. The van der Waals surface area contributed by atoms with Crippen molar-refractivity contribution in [3.05, 3.63) is 35.3 Å². The summed E-state index contributed by atoms with van der Waals surface area (Å²) in [5.41, 5.74) is 7.40. The molecule has 0 spiro atoms. The van der Waals surface area contributed by atoms with Crippen LogP contribution in [0.5, 0.6) is 0 Å². The van der Waals surface area contributed by atoms with Gasteiger partial charge in [0.25, 0.3) is 0 Å². The average molecular weight is 234 g/mol. The summed E-state index contributed by atoms with van der Waals surface area (Å²) in [4.78, 5) is 15.5. The van der Waals surface area contributed by atoms with E-state index in [9.17, 15) is 9.18 Å².